The maximum absolute atomic E-state index is 12.7. The Morgan fingerprint density at radius 1 is 1.05 bits per heavy atom. The minimum atomic E-state index is -1.10. The summed E-state index contributed by atoms with van der Waals surface area (Å²) in [6, 6.07) is 15.6. The van der Waals surface area contributed by atoms with Gasteiger partial charge in [0.15, 0.2) is 0 Å². The summed E-state index contributed by atoms with van der Waals surface area (Å²) in [5, 5.41) is -0.126. The van der Waals surface area contributed by atoms with Crippen molar-refractivity contribution in [3.05, 3.63) is 65.2 Å². The lowest BCUT2D eigenvalue weighted by atomic mass is 10.1. The number of benzene rings is 2. The smallest absolute Gasteiger partial charge is 0.0579 e. The van der Waals surface area contributed by atoms with Gasteiger partial charge in [-0.1, -0.05) is 48.0 Å². The van der Waals surface area contributed by atoms with Gasteiger partial charge in [-0.3, -0.25) is 4.21 Å². The summed E-state index contributed by atoms with van der Waals surface area (Å²) < 4.78 is 12.7. The van der Waals surface area contributed by atoms with Gasteiger partial charge in [0.25, 0.3) is 0 Å². The molecular formula is C17H21NOS. The van der Waals surface area contributed by atoms with Crippen LogP contribution >= 0.6 is 0 Å². The van der Waals surface area contributed by atoms with Gasteiger partial charge in [-0.2, -0.15) is 0 Å². The van der Waals surface area contributed by atoms with E-state index in [0.717, 1.165) is 16.0 Å². The average Bonchev–Trinajstić information content (AvgIpc) is 2.46. The van der Waals surface area contributed by atoms with Gasteiger partial charge in [-0.15, -0.1) is 0 Å². The molecule has 0 aliphatic rings. The second kappa shape index (κ2) is 6.33. The molecular weight excluding hydrogens is 266 g/mol. The molecule has 3 heteroatoms. The highest BCUT2D eigenvalue weighted by Crippen LogP contribution is 2.24. The van der Waals surface area contributed by atoms with Crippen LogP contribution in [0, 0.1) is 13.8 Å². The molecule has 106 valence electrons. The summed E-state index contributed by atoms with van der Waals surface area (Å²) in [5.41, 5.74) is 9.54. The molecule has 0 aromatic heterocycles. The van der Waals surface area contributed by atoms with Crippen LogP contribution in [0.25, 0.3) is 0 Å². The van der Waals surface area contributed by atoms with E-state index in [1.54, 1.807) is 0 Å². The van der Waals surface area contributed by atoms with Crippen LogP contribution in [-0.2, 0) is 10.8 Å². The molecule has 3 atom stereocenters. The first-order chi connectivity index (χ1) is 9.50. The summed E-state index contributed by atoms with van der Waals surface area (Å²) in [4.78, 5) is 0.884. The highest BCUT2D eigenvalue weighted by molar-refractivity contribution is 7.85. The van der Waals surface area contributed by atoms with Crippen LogP contribution < -0.4 is 5.73 Å². The molecule has 3 unspecified atom stereocenters. The predicted octanol–water partition coefficient (Wildman–Crippen LogP) is 3.50. The average molecular weight is 287 g/mol. The Bertz CT molecular complexity index is 610. The quantitative estimate of drug-likeness (QED) is 0.935. The van der Waals surface area contributed by atoms with Gasteiger partial charge >= 0.3 is 0 Å². The van der Waals surface area contributed by atoms with Gasteiger partial charge in [0.2, 0.25) is 0 Å². The lowest BCUT2D eigenvalue weighted by Crippen LogP contribution is -2.28. The fourth-order valence-corrected chi connectivity index (χ4v) is 3.71. The van der Waals surface area contributed by atoms with Crippen LogP contribution in [0.1, 0.15) is 29.7 Å². The molecule has 0 aliphatic heterocycles. The number of hydrogen-bond donors (Lipinski definition) is 1. The normalized spacial score (nSPS) is 15.6. The number of aryl methyl sites for hydroxylation is 2. The second-order valence-electron chi connectivity index (χ2n) is 5.21. The Morgan fingerprint density at radius 3 is 2.30 bits per heavy atom. The van der Waals surface area contributed by atoms with Crippen molar-refractivity contribution >= 4 is 10.8 Å². The molecule has 2 aromatic rings. The Morgan fingerprint density at radius 2 is 1.70 bits per heavy atom. The summed E-state index contributed by atoms with van der Waals surface area (Å²) >= 11 is 0. The summed E-state index contributed by atoms with van der Waals surface area (Å²) in [6.07, 6.45) is 0. The predicted molar refractivity (Wildman–Crippen MR) is 85.2 cm³/mol. The summed E-state index contributed by atoms with van der Waals surface area (Å²) in [7, 11) is -1.10. The third-order valence-electron chi connectivity index (χ3n) is 3.58. The van der Waals surface area contributed by atoms with Crippen molar-refractivity contribution in [2.24, 2.45) is 5.73 Å². The SMILES string of the molecule is Cc1ccc(S(=O)C(C)C(N)c2ccccc2)c(C)c1. The molecule has 0 saturated carbocycles. The maximum atomic E-state index is 12.7. The van der Waals surface area contributed by atoms with Crippen molar-refractivity contribution in [3.63, 3.8) is 0 Å². The fraction of sp³-hybridized carbons (Fsp3) is 0.294. The minimum absolute atomic E-state index is 0.126. The highest BCUT2D eigenvalue weighted by Gasteiger charge is 2.23. The third-order valence-corrected chi connectivity index (χ3v) is 5.44. The topological polar surface area (TPSA) is 43.1 Å². The van der Waals surface area contributed by atoms with Crippen LogP contribution in [0.15, 0.2) is 53.4 Å². The van der Waals surface area contributed by atoms with Gasteiger partial charge in [-0.05, 0) is 38.0 Å². The zero-order valence-corrected chi connectivity index (χ0v) is 13.0. The van der Waals surface area contributed by atoms with E-state index in [4.69, 9.17) is 5.73 Å². The standard InChI is InChI=1S/C17H21NOS/c1-12-9-10-16(13(2)11-12)20(19)14(3)17(18)15-7-5-4-6-8-15/h4-11,14,17H,18H2,1-3H3. The number of nitrogens with two attached hydrogens (primary N) is 1. The first-order valence-electron chi connectivity index (χ1n) is 6.79. The number of rotatable bonds is 4. The molecule has 2 aromatic carbocycles. The van der Waals surface area contributed by atoms with Crippen molar-refractivity contribution in [2.45, 2.75) is 37.0 Å². The van der Waals surface area contributed by atoms with E-state index >= 15 is 0 Å². The van der Waals surface area contributed by atoms with E-state index in [0.29, 0.717) is 0 Å². The van der Waals surface area contributed by atoms with E-state index in [1.165, 1.54) is 5.56 Å². The van der Waals surface area contributed by atoms with Gasteiger partial charge < -0.3 is 5.73 Å². The molecule has 20 heavy (non-hydrogen) atoms. The Balaban J connectivity index is 2.24. The Labute approximate surface area is 123 Å². The largest absolute Gasteiger partial charge is 0.323 e. The monoisotopic (exact) mass is 287 g/mol. The Kier molecular flexibility index (Phi) is 4.73. The molecule has 0 heterocycles. The van der Waals surface area contributed by atoms with Crippen LogP contribution in [0.3, 0.4) is 0 Å². The molecule has 0 bridgehead atoms. The van der Waals surface area contributed by atoms with E-state index in [2.05, 4.69) is 6.07 Å². The van der Waals surface area contributed by atoms with Crippen molar-refractivity contribution in [2.75, 3.05) is 0 Å². The highest BCUT2D eigenvalue weighted by atomic mass is 32.2. The van der Waals surface area contributed by atoms with Crippen LogP contribution in [0.5, 0.6) is 0 Å². The van der Waals surface area contributed by atoms with E-state index in [1.807, 2.05) is 63.2 Å². The Hall–Kier alpha value is -1.45. The van der Waals surface area contributed by atoms with E-state index in [-0.39, 0.29) is 11.3 Å². The molecule has 0 fully saturated rings. The summed E-state index contributed by atoms with van der Waals surface area (Å²) in [5.74, 6) is 0. The first kappa shape index (κ1) is 14.9. The second-order valence-corrected chi connectivity index (χ2v) is 6.99. The zero-order valence-electron chi connectivity index (χ0n) is 12.2. The van der Waals surface area contributed by atoms with Gasteiger partial charge in [0.1, 0.15) is 0 Å². The molecule has 2 nitrogen and oxygen atoms in total. The minimum Gasteiger partial charge on any atom is -0.323 e. The van der Waals surface area contributed by atoms with Crippen LogP contribution in [0.4, 0.5) is 0 Å². The molecule has 0 saturated heterocycles. The summed E-state index contributed by atoms with van der Waals surface area (Å²) in [6.45, 7) is 5.99. The van der Waals surface area contributed by atoms with Crippen LogP contribution in [0.2, 0.25) is 0 Å². The molecule has 0 amide bonds. The van der Waals surface area contributed by atoms with E-state index in [9.17, 15) is 4.21 Å². The van der Waals surface area contributed by atoms with Gasteiger partial charge in [0, 0.05) is 10.9 Å². The molecule has 0 aliphatic carbocycles. The third kappa shape index (κ3) is 3.17. The lowest BCUT2D eigenvalue weighted by Gasteiger charge is -2.21. The zero-order chi connectivity index (χ0) is 14.7. The van der Waals surface area contributed by atoms with Crippen molar-refractivity contribution in [1.29, 1.82) is 0 Å². The molecule has 2 rings (SSSR count). The van der Waals surface area contributed by atoms with Crippen LogP contribution in [-0.4, -0.2) is 9.46 Å². The molecule has 0 spiro atoms. The van der Waals surface area contributed by atoms with E-state index < -0.39 is 10.8 Å². The van der Waals surface area contributed by atoms with Crippen molar-refractivity contribution in [1.82, 2.24) is 0 Å². The maximum Gasteiger partial charge on any atom is 0.0579 e. The van der Waals surface area contributed by atoms with Gasteiger partial charge in [-0.25, -0.2) is 0 Å². The lowest BCUT2D eigenvalue weighted by molar-refractivity contribution is 0.643. The van der Waals surface area contributed by atoms with Crippen molar-refractivity contribution in [3.8, 4) is 0 Å². The molecule has 0 radical (unpaired) electrons. The molecule has 2 N–H and O–H groups in total. The first-order valence-corrected chi connectivity index (χ1v) is 8.00. The fourth-order valence-electron chi connectivity index (χ4n) is 2.30. The number of hydrogen-bond acceptors (Lipinski definition) is 2. The van der Waals surface area contributed by atoms with Crippen molar-refractivity contribution < 1.29 is 4.21 Å². The van der Waals surface area contributed by atoms with Gasteiger partial charge in [0.05, 0.1) is 16.0 Å².